The summed E-state index contributed by atoms with van der Waals surface area (Å²) in [7, 11) is 0. The summed E-state index contributed by atoms with van der Waals surface area (Å²) in [6.07, 6.45) is 6.62. The van der Waals surface area contributed by atoms with Gasteiger partial charge in [0, 0.05) is 37.3 Å². The van der Waals surface area contributed by atoms with E-state index in [0.717, 1.165) is 25.2 Å². The van der Waals surface area contributed by atoms with Crippen LogP contribution in [-0.4, -0.2) is 48.8 Å². The molecule has 3 heteroatoms. The van der Waals surface area contributed by atoms with E-state index >= 15 is 0 Å². The summed E-state index contributed by atoms with van der Waals surface area (Å²) in [4.78, 5) is 2.81. The van der Waals surface area contributed by atoms with Gasteiger partial charge in [0.15, 0.2) is 0 Å². The molecule has 0 amide bonds. The maximum Gasteiger partial charge on any atom is 0.0622 e. The lowest BCUT2D eigenvalue weighted by molar-refractivity contribution is 0.0224. The van der Waals surface area contributed by atoms with Gasteiger partial charge in [-0.1, -0.05) is 13.8 Å². The summed E-state index contributed by atoms with van der Waals surface area (Å²) in [6.45, 7) is 9.02. The van der Waals surface area contributed by atoms with Crippen molar-refractivity contribution in [2.75, 3.05) is 26.3 Å². The van der Waals surface area contributed by atoms with Gasteiger partial charge >= 0.3 is 0 Å². The fourth-order valence-corrected chi connectivity index (χ4v) is 3.79. The van der Waals surface area contributed by atoms with Crippen molar-refractivity contribution in [2.24, 2.45) is 5.92 Å². The minimum absolute atomic E-state index is 0.355. The van der Waals surface area contributed by atoms with Crippen molar-refractivity contribution in [2.45, 2.75) is 63.6 Å². The molecule has 104 valence electrons. The summed E-state index contributed by atoms with van der Waals surface area (Å²) >= 11 is 0. The van der Waals surface area contributed by atoms with E-state index in [9.17, 15) is 0 Å². The number of nitrogens with zero attached hydrogens (tertiary/aromatic N) is 1. The quantitative estimate of drug-likeness (QED) is 0.828. The number of nitrogens with one attached hydrogen (secondary N) is 1. The summed E-state index contributed by atoms with van der Waals surface area (Å²) < 4.78 is 5.63. The first-order valence-electron chi connectivity index (χ1n) is 7.86. The molecule has 2 unspecified atom stereocenters. The van der Waals surface area contributed by atoms with Gasteiger partial charge in [-0.2, -0.15) is 0 Å². The van der Waals surface area contributed by atoms with Crippen LogP contribution in [0.4, 0.5) is 0 Å². The molecular weight excluding hydrogens is 224 g/mol. The van der Waals surface area contributed by atoms with Crippen molar-refractivity contribution < 1.29 is 4.74 Å². The summed E-state index contributed by atoms with van der Waals surface area (Å²) in [5, 5.41) is 3.87. The van der Waals surface area contributed by atoms with Crippen LogP contribution in [0.5, 0.6) is 0 Å². The van der Waals surface area contributed by atoms with Crippen molar-refractivity contribution in [3.63, 3.8) is 0 Å². The lowest BCUT2D eigenvalue weighted by Gasteiger charge is -2.50. The van der Waals surface area contributed by atoms with Crippen LogP contribution in [0.25, 0.3) is 0 Å². The molecule has 2 atom stereocenters. The molecule has 1 saturated carbocycles. The molecule has 0 aromatic heterocycles. The third-order valence-electron chi connectivity index (χ3n) is 5.49. The van der Waals surface area contributed by atoms with Gasteiger partial charge in [-0.25, -0.2) is 0 Å². The Morgan fingerprint density at radius 3 is 2.56 bits per heavy atom. The molecule has 3 aliphatic rings. The van der Waals surface area contributed by atoms with Gasteiger partial charge in [0.2, 0.25) is 0 Å². The maximum atomic E-state index is 5.63. The molecule has 3 rings (SSSR count). The molecule has 2 heterocycles. The first-order chi connectivity index (χ1) is 8.78. The Hall–Kier alpha value is -0.120. The summed E-state index contributed by atoms with van der Waals surface area (Å²) in [5.41, 5.74) is 0.355. The van der Waals surface area contributed by atoms with Crippen molar-refractivity contribution in [1.29, 1.82) is 0 Å². The second-order valence-electron chi connectivity index (χ2n) is 6.46. The molecule has 2 saturated heterocycles. The lowest BCUT2D eigenvalue weighted by atomic mass is 9.86. The van der Waals surface area contributed by atoms with Crippen LogP contribution in [0.3, 0.4) is 0 Å². The fraction of sp³-hybridized carbons (Fsp3) is 1.00. The standard InChI is InChI=1S/C15H28N2O/c1-3-15(4-2)11-17(13-7-8-18-10-13)14(9-16-15)12-5-6-12/h12-14,16H,3-11H2,1-2H3. The third kappa shape index (κ3) is 2.33. The topological polar surface area (TPSA) is 24.5 Å². The average Bonchev–Trinajstić information content (AvgIpc) is 3.12. The van der Waals surface area contributed by atoms with Crippen LogP contribution in [0.2, 0.25) is 0 Å². The average molecular weight is 252 g/mol. The van der Waals surface area contributed by atoms with E-state index < -0.39 is 0 Å². The van der Waals surface area contributed by atoms with E-state index in [2.05, 4.69) is 24.1 Å². The molecule has 0 bridgehead atoms. The highest BCUT2D eigenvalue weighted by atomic mass is 16.5. The van der Waals surface area contributed by atoms with Gasteiger partial charge in [0.05, 0.1) is 6.61 Å². The molecule has 1 aliphatic carbocycles. The Bertz CT molecular complexity index is 280. The SMILES string of the molecule is CCC1(CC)CN(C2CCOC2)C(C2CC2)CN1. The van der Waals surface area contributed by atoms with Crippen LogP contribution >= 0.6 is 0 Å². The van der Waals surface area contributed by atoms with Crippen LogP contribution in [0.1, 0.15) is 46.0 Å². The molecule has 18 heavy (non-hydrogen) atoms. The molecular formula is C15H28N2O. The number of rotatable bonds is 4. The van der Waals surface area contributed by atoms with Crippen molar-refractivity contribution >= 4 is 0 Å². The zero-order valence-electron chi connectivity index (χ0n) is 12.0. The normalized spacial score (nSPS) is 37.0. The number of hydrogen-bond acceptors (Lipinski definition) is 3. The Labute approximate surface area is 111 Å². The van der Waals surface area contributed by atoms with Crippen molar-refractivity contribution in [1.82, 2.24) is 10.2 Å². The van der Waals surface area contributed by atoms with Gasteiger partial charge in [-0.3, -0.25) is 4.90 Å². The van der Waals surface area contributed by atoms with E-state index in [1.54, 1.807) is 0 Å². The van der Waals surface area contributed by atoms with E-state index in [0.29, 0.717) is 11.6 Å². The number of ether oxygens (including phenoxy) is 1. The van der Waals surface area contributed by atoms with E-state index in [4.69, 9.17) is 4.74 Å². The predicted molar refractivity (Wildman–Crippen MR) is 73.8 cm³/mol. The minimum Gasteiger partial charge on any atom is -0.380 e. The van der Waals surface area contributed by atoms with Gasteiger partial charge in [0.25, 0.3) is 0 Å². The first-order valence-corrected chi connectivity index (χ1v) is 7.86. The van der Waals surface area contributed by atoms with Gasteiger partial charge in [0.1, 0.15) is 0 Å². The monoisotopic (exact) mass is 252 g/mol. The van der Waals surface area contributed by atoms with Gasteiger partial charge < -0.3 is 10.1 Å². The number of hydrogen-bond donors (Lipinski definition) is 1. The Morgan fingerprint density at radius 1 is 1.22 bits per heavy atom. The van der Waals surface area contributed by atoms with E-state index in [-0.39, 0.29) is 0 Å². The second-order valence-corrected chi connectivity index (χ2v) is 6.46. The smallest absolute Gasteiger partial charge is 0.0622 e. The zero-order chi connectivity index (χ0) is 12.6. The highest BCUT2D eigenvalue weighted by Crippen LogP contribution is 2.39. The highest BCUT2D eigenvalue weighted by molar-refractivity contribution is 5.03. The Balaban J connectivity index is 1.74. The molecule has 2 aliphatic heterocycles. The predicted octanol–water partition coefficient (Wildman–Crippen LogP) is 2.02. The van der Waals surface area contributed by atoms with Crippen LogP contribution in [0, 0.1) is 5.92 Å². The number of piperazine rings is 1. The molecule has 0 radical (unpaired) electrons. The molecule has 0 spiro atoms. The fourth-order valence-electron chi connectivity index (χ4n) is 3.79. The van der Waals surface area contributed by atoms with Crippen LogP contribution < -0.4 is 5.32 Å². The van der Waals surface area contributed by atoms with Gasteiger partial charge in [-0.05, 0) is 38.0 Å². The largest absolute Gasteiger partial charge is 0.380 e. The Morgan fingerprint density at radius 2 is 2.00 bits per heavy atom. The highest BCUT2D eigenvalue weighted by Gasteiger charge is 2.45. The van der Waals surface area contributed by atoms with Gasteiger partial charge in [-0.15, -0.1) is 0 Å². The molecule has 0 aromatic carbocycles. The summed E-state index contributed by atoms with van der Waals surface area (Å²) in [5.74, 6) is 0.963. The Kier molecular flexibility index (Phi) is 3.65. The van der Waals surface area contributed by atoms with Crippen molar-refractivity contribution in [3.05, 3.63) is 0 Å². The lowest BCUT2D eigenvalue weighted by Crippen LogP contribution is -2.66. The third-order valence-corrected chi connectivity index (χ3v) is 5.49. The second kappa shape index (κ2) is 5.10. The van der Waals surface area contributed by atoms with E-state index in [1.165, 1.54) is 45.2 Å². The van der Waals surface area contributed by atoms with Crippen LogP contribution in [0.15, 0.2) is 0 Å². The first kappa shape index (κ1) is 12.9. The summed E-state index contributed by atoms with van der Waals surface area (Å²) in [6, 6.07) is 1.47. The van der Waals surface area contributed by atoms with E-state index in [1.807, 2.05) is 0 Å². The molecule has 3 fully saturated rings. The van der Waals surface area contributed by atoms with Crippen molar-refractivity contribution in [3.8, 4) is 0 Å². The minimum atomic E-state index is 0.355. The zero-order valence-corrected chi connectivity index (χ0v) is 12.0. The maximum absolute atomic E-state index is 5.63. The molecule has 3 nitrogen and oxygen atoms in total. The molecule has 0 aromatic rings. The molecule has 1 N–H and O–H groups in total. The van der Waals surface area contributed by atoms with Crippen LogP contribution in [-0.2, 0) is 4.74 Å².